The zero-order chi connectivity index (χ0) is 17.2. The summed E-state index contributed by atoms with van der Waals surface area (Å²) in [7, 11) is 3.63. The minimum absolute atomic E-state index is 0.0736. The number of aliphatic hydroxyl groups is 1. The summed E-state index contributed by atoms with van der Waals surface area (Å²) in [6.45, 7) is 3.03. The van der Waals surface area contributed by atoms with Crippen LogP contribution in [0.3, 0.4) is 0 Å². The smallest absolute Gasteiger partial charge is 0.122 e. The number of hydrogen-bond acceptors (Lipinski definition) is 4. The second-order valence-corrected chi connectivity index (χ2v) is 6.88. The topological polar surface area (TPSA) is 59.3 Å². The third kappa shape index (κ3) is 3.06. The van der Waals surface area contributed by atoms with E-state index in [1.807, 2.05) is 36.3 Å². The maximum atomic E-state index is 10.0. The second kappa shape index (κ2) is 6.95. The van der Waals surface area contributed by atoms with Crippen LogP contribution >= 0.6 is 0 Å². The summed E-state index contributed by atoms with van der Waals surface area (Å²) in [5.74, 6) is 0.910. The van der Waals surface area contributed by atoms with Crippen molar-refractivity contribution in [1.29, 1.82) is 0 Å². The number of ether oxygens (including phenoxy) is 1. The molecule has 24 heavy (non-hydrogen) atoms. The fourth-order valence-electron chi connectivity index (χ4n) is 3.73. The summed E-state index contributed by atoms with van der Waals surface area (Å²) < 4.78 is 7.24. The summed E-state index contributed by atoms with van der Waals surface area (Å²) in [5.41, 5.74) is 3.45. The van der Waals surface area contributed by atoms with Crippen molar-refractivity contribution in [2.45, 2.75) is 38.8 Å². The third-order valence-electron chi connectivity index (χ3n) is 5.45. The number of hydrogen-bond donors (Lipinski definition) is 2. The van der Waals surface area contributed by atoms with Crippen LogP contribution in [0.25, 0.3) is 0 Å². The van der Waals surface area contributed by atoms with Crippen molar-refractivity contribution in [3.8, 4) is 5.75 Å². The Morgan fingerprint density at radius 1 is 1.42 bits per heavy atom. The molecule has 2 aromatic rings. The zero-order valence-corrected chi connectivity index (χ0v) is 14.7. The third-order valence-corrected chi connectivity index (χ3v) is 5.45. The summed E-state index contributed by atoms with van der Waals surface area (Å²) in [4.78, 5) is 0. The van der Waals surface area contributed by atoms with E-state index < -0.39 is 0 Å². The Morgan fingerprint density at radius 2 is 2.21 bits per heavy atom. The molecule has 0 amide bonds. The Kier molecular flexibility index (Phi) is 4.92. The highest BCUT2D eigenvalue weighted by Crippen LogP contribution is 2.50. The van der Waals surface area contributed by atoms with Gasteiger partial charge in [0.25, 0.3) is 0 Å². The summed E-state index contributed by atoms with van der Waals surface area (Å²) in [5, 5.41) is 18.0. The lowest BCUT2D eigenvalue weighted by atomic mass is 9.63. The standard InChI is InChI=1S/C19H27N3O2/c1-14-15(6-4-7-17(14)24-3)10-20-18(16-11-21-22(2)12-16)19(13-23)8-5-9-19/h4,6-7,11-12,18,20,23H,5,8-10,13H2,1-3H3. The Morgan fingerprint density at radius 3 is 2.75 bits per heavy atom. The van der Waals surface area contributed by atoms with Gasteiger partial charge >= 0.3 is 0 Å². The first-order valence-electron chi connectivity index (χ1n) is 8.55. The quantitative estimate of drug-likeness (QED) is 0.820. The van der Waals surface area contributed by atoms with E-state index in [2.05, 4.69) is 23.4 Å². The van der Waals surface area contributed by atoms with Gasteiger partial charge in [-0.2, -0.15) is 5.10 Å². The molecule has 1 aromatic carbocycles. The Balaban J connectivity index is 1.83. The number of rotatable bonds is 7. The fraction of sp³-hybridized carbons (Fsp3) is 0.526. The average Bonchev–Trinajstić information content (AvgIpc) is 2.97. The van der Waals surface area contributed by atoms with Crippen LogP contribution in [-0.4, -0.2) is 28.6 Å². The fourth-order valence-corrected chi connectivity index (χ4v) is 3.73. The second-order valence-electron chi connectivity index (χ2n) is 6.88. The predicted molar refractivity (Wildman–Crippen MR) is 93.9 cm³/mol. The monoisotopic (exact) mass is 329 g/mol. The van der Waals surface area contributed by atoms with Gasteiger partial charge in [0.1, 0.15) is 5.75 Å². The SMILES string of the molecule is COc1cccc(CNC(c2cnn(C)c2)C2(CO)CCC2)c1C. The van der Waals surface area contributed by atoms with Crippen LogP contribution in [-0.2, 0) is 13.6 Å². The highest BCUT2D eigenvalue weighted by Gasteiger charge is 2.44. The average molecular weight is 329 g/mol. The van der Waals surface area contributed by atoms with Gasteiger partial charge in [-0.05, 0) is 37.0 Å². The van der Waals surface area contributed by atoms with E-state index in [-0.39, 0.29) is 18.1 Å². The van der Waals surface area contributed by atoms with E-state index >= 15 is 0 Å². The van der Waals surface area contributed by atoms with Crippen LogP contribution < -0.4 is 10.1 Å². The minimum Gasteiger partial charge on any atom is -0.496 e. The van der Waals surface area contributed by atoms with Crippen molar-refractivity contribution in [2.24, 2.45) is 12.5 Å². The molecule has 3 rings (SSSR count). The Hall–Kier alpha value is -1.85. The number of methoxy groups -OCH3 is 1. The van der Waals surface area contributed by atoms with Gasteiger partial charge in [-0.25, -0.2) is 0 Å². The highest BCUT2D eigenvalue weighted by atomic mass is 16.5. The molecule has 0 saturated heterocycles. The molecule has 0 radical (unpaired) electrons. The number of nitrogens with one attached hydrogen (secondary N) is 1. The van der Waals surface area contributed by atoms with E-state index in [4.69, 9.17) is 4.74 Å². The van der Waals surface area contributed by atoms with Crippen LogP contribution in [0.15, 0.2) is 30.6 Å². The van der Waals surface area contributed by atoms with Crippen LogP contribution in [0.5, 0.6) is 5.75 Å². The zero-order valence-electron chi connectivity index (χ0n) is 14.7. The lowest BCUT2D eigenvalue weighted by molar-refractivity contribution is 0.00455. The lowest BCUT2D eigenvalue weighted by Crippen LogP contribution is -2.45. The molecule has 1 aliphatic carbocycles. The van der Waals surface area contributed by atoms with E-state index in [1.54, 1.807) is 7.11 Å². The largest absolute Gasteiger partial charge is 0.496 e. The summed E-state index contributed by atoms with van der Waals surface area (Å²) in [6, 6.07) is 6.24. The van der Waals surface area contributed by atoms with Gasteiger partial charge < -0.3 is 15.2 Å². The lowest BCUT2D eigenvalue weighted by Gasteiger charge is -2.46. The maximum absolute atomic E-state index is 10.0. The number of nitrogens with zero attached hydrogens (tertiary/aromatic N) is 2. The predicted octanol–water partition coefficient (Wildman–Crippen LogP) is 2.73. The van der Waals surface area contributed by atoms with Crippen molar-refractivity contribution in [2.75, 3.05) is 13.7 Å². The molecule has 1 atom stereocenters. The van der Waals surface area contributed by atoms with Gasteiger partial charge in [0.2, 0.25) is 0 Å². The Bertz CT molecular complexity index is 686. The highest BCUT2D eigenvalue weighted by molar-refractivity contribution is 5.39. The summed E-state index contributed by atoms with van der Waals surface area (Å²) >= 11 is 0. The normalized spacial score (nSPS) is 17.3. The molecule has 1 unspecified atom stereocenters. The van der Waals surface area contributed by atoms with Crippen LogP contribution in [0.4, 0.5) is 0 Å². The van der Waals surface area contributed by atoms with Gasteiger partial charge in [-0.3, -0.25) is 4.68 Å². The van der Waals surface area contributed by atoms with E-state index in [9.17, 15) is 5.11 Å². The first-order valence-corrected chi connectivity index (χ1v) is 8.55. The molecule has 1 heterocycles. The molecule has 1 saturated carbocycles. The molecule has 130 valence electrons. The number of aromatic nitrogens is 2. The minimum atomic E-state index is -0.0736. The molecular formula is C19H27N3O2. The van der Waals surface area contributed by atoms with Gasteiger partial charge in [-0.1, -0.05) is 18.6 Å². The molecular weight excluding hydrogens is 302 g/mol. The molecule has 0 spiro atoms. The number of aryl methyl sites for hydroxylation is 1. The molecule has 0 bridgehead atoms. The van der Waals surface area contributed by atoms with Crippen molar-refractivity contribution in [3.63, 3.8) is 0 Å². The molecule has 5 nitrogen and oxygen atoms in total. The van der Waals surface area contributed by atoms with Crippen molar-refractivity contribution in [3.05, 3.63) is 47.3 Å². The molecule has 1 fully saturated rings. The van der Waals surface area contributed by atoms with Crippen molar-refractivity contribution < 1.29 is 9.84 Å². The van der Waals surface area contributed by atoms with E-state index in [0.717, 1.165) is 36.3 Å². The number of benzene rings is 1. The molecule has 0 aliphatic heterocycles. The van der Waals surface area contributed by atoms with Gasteiger partial charge in [0, 0.05) is 36.8 Å². The van der Waals surface area contributed by atoms with Crippen molar-refractivity contribution >= 4 is 0 Å². The first-order chi connectivity index (χ1) is 11.6. The van der Waals surface area contributed by atoms with Crippen molar-refractivity contribution in [1.82, 2.24) is 15.1 Å². The van der Waals surface area contributed by atoms with Gasteiger partial charge in [0.15, 0.2) is 0 Å². The van der Waals surface area contributed by atoms with Crippen LogP contribution in [0, 0.1) is 12.3 Å². The molecule has 5 heteroatoms. The molecule has 1 aliphatic rings. The number of aliphatic hydroxyl groups excluding tert-OH is 1. The first kappa shape index (κ1) is 17.0. The van der Waals surface area contributed by atoms with E-state index in [1.165, 1.54) is 12.0 Å². The van der Waals surface area contributed by atoms with Gasteiger partial charge in [0.05, 0.1) is 19.9 Å². The van der Waals surface area contributed by atoms with Crippen LogP contribution in [0.1, 0.15) is 42.0 Å². The van der Waals surface area contributed by atoms with Crippen LogP contribution in [0.2, 0.25) is 0 Å². The molecule has 2 N–H and O–H groups in total. The maximum Gasteiger partial charge on any atom is 0.122 e. The Labute approximate surface area is 143 Å². The van der Waals surface area contributed by atoms with Gasteiger partial charge in [-0.15, -0.1) is 0 Å². The molecule has 1 aromatic heterocycles. The van der Waals surface area contributed by atoms with E-state index in [0.29, 0.717) is 0 Å². The summed E-state index contributed by atoms with van der Waals surface area (Å²) in [6.07, 6.45) is 7.23.